The predicted molar refractivity (Wildman–Crippen MR) is 198 cm³/mol. The molecule has 1 aliphatic heterocycles. The molecule has 54 heavy (non-hydrogen) atoms. The van der Waals surface area contributed by atoms with Gasteiger partial charge >= 0.3 is 12.6 Å². The number of aromatic nitrogens is 2. The Kier molecular flexibility index (Phi) is 10.4. The molecular weight excluding hydrogens is 696 g/mol. The van der Waals surface area contributed by atoms with Crippen molar-refractivity contribution in [3.8, 4) is 45.9 Å². The number of carboxylic acid groups (broad SMARTS) is 1. The number of benzene rings is 4. The number of carboxylic acids is 1. The third-order valence-corrected chi connectivity index (χ3v) is 10.2. The number of aliphatic hydroxyl groups is 1. The molecule has 0 unspecified atom stereocenters. The molecule has 0 amide bonds. The highest BCUT2D eigenvalue weighted by Gasteiger charge is 2.31. The Hall–Kier alpha value is -5.68. The van der Waals surface area contributed by atoms with Crippen molar-refractivity contribution in [1.29, 1.82) is 5.26 Å². The van der Waals surface area contributed by atoms with E-state index in [1.165, 1.54) is 6.07 Å². The number of aliphatic carboxylic acids is 1. The molecule has 3 heterocycles. The highest BCUT2D eigenvalue weighted by atomic mass is 19.3. The second-order valence-corrected chi connectivity index (χ2v) is 13.5. The monoisotopic (exact) mass is 735 g/mol. The van der Waals surface area contributed by atoms with Crippen molar-refractivity contribution in [1.82, 2.24) is 19.8 Å². The molecule has 278 valence electrons. The lowest BCUT2D eigenvalue weighted by Crippen LogP contribution is -2.35. The van der Waals surface area contributed by atoms with Crippen molar-refractivity contribution in [2.45, 2.75) is 59.4 Å². The topological polar surface area (TPSA) is 149 Å². The Morgan fingerprint density at radius 2 is 1.69 bits per heavy atom. The molecule has 0 spiro atoms. The van der Waals surface area contributed by atoms with Gasteiger partial charge in [-0.2, -0.15) is 14.0 Å². The Bertz CT molecular complexity index is 2400. The van der Waals surface area contributed by atoms with Crippen LogP contribution >= 0.6 is 0 Å². The van der Waals surface area contributed by atoms with Gasteiger partial charge in [0.15, 0.2) is 11.2 Å². The molecule has 1 aliphatic rings. The molecule has 11 nitrogen and oxygen atoms in total. The third kappa shape index (κ3) is 7.15. The lowest BCUT2D eigenvalue weighted by Gasteiger charge is -2.22. The predicted octanol–water partition coefficient (Wildman–Crippen LogP) is 7.92. The first-order chi connectivity index (χ1) is 26.1. The van der Waals surface area contributed by atoms with Gasteiger partial charge in [-0.15, -0.1) is 0 Å². The number of rotatable bonds is 13. The fourth-order valence-corrected chi connectivity index (χ4v) is 7.40. The summed E-state index contributed by atoms with van der Waals surface area (Å²) in [4.78, 5) is 25.2. The summed E-state index contributed by atoms with van der Waals surface area (Å²) in [7, 11) is 0. The zero-order valence-electron chi connectivity index (χ0n) is 30.1. The van der Waals surface area contributed by atoms with Crippen molar-refractivity contribution in [2.75, 3.05) is 26.2 Å². The van der Waals surface area contributed by atoms with Crippen molar-refractivity contribution in [3.63, 3.8) is 0 Å². The zero-order chi connectivity index (χ0) is 38.1. The highest BCUT2D eigenvalue weighted by Crippen LogP contribution is 2.39. The molecule has 13 heteroatoms. The van der Waals surface area contributed by atoms with Crippen LogP contribution in [0.3, 0.4) is 0 Å². The van der Waals surface area contributed by atoms with E-state index in [0.29, 0.717) is 77.6 Å². The van der Waals surface area contributed by atoms with E-state index in [1.807, 2.05) is 63.2 Å². The van der Waals surface area contributed by atoms with Gasteiger partial charge in [0, 0.05) is 42.4 Å². The second kappa shape index (κ2) is 15.4. The summed E-state index contributed by atoms with van der Waals surface area (Å²) in [6.07, 6.45) is 1.18. The van der Waals surface area contributed by atoms with E-state index in [2.05, 4.69) is 11.0 Å². The third-order valence-electron chi connectivity index (χ3n) is 10.2. The van der Waals surface area contributed by atoms with Gasteiger partial charge in [-0.1, -0.05) is 31.2 Å². The summed E-state index contributed by atoms with van der Waals surface area (Å²) in [6.45, 7) is 5.39. The number of hydrogen-bond acceptors (Lipinski definition) is 10. The number of aliphatic hydroxyl groups excluding tert-OH is 1. The molecule has 0 radical (unpaired) electrons. The van der Waals surface area contributed by atoms with Crippen LogP contribution in [-0.4, -0.2) is 74.8 Å². The Labute approximate surface area is 310 Å². The zero-order valence-corrected chi connectivity index (χ0v) is 30.1. The number of likely N-dealkylation sites (N-methyl/N-ethyl adjacent to an activating group) is 1. The van der Waals surface area contributed by atoms with Crippen molar-refractivity contribution in [2.24, 2.45) is 0 Å². The van der Waals surface area contributed by atoms with E-state index in [1.54, 1.807) is 17.0 Å². The molecule has 0 saturated carbocycles. The number of ether oxygens (including phenoxy) is 1. The molecule has 0 bridgehead atoms. The average Bonchev–Trinajstić information content (AvgIpc) is 3.90. The van der Waals surface area contributed by atoms with Gasteiger partial charge in [-0.25, -0.2) is 9.97 Å². The summed E-state index contributed by atoms with van der Waals surface area (Å²) in [5.41, 5.74) is 8.42. The standard InChI is InChI=1S/C41H39F2N5O6/c1-4-47(14-15-49)21-25-16-26(20-44)37-33(17-25)46-39(54-37)31-11-6-9-29(24(31)3)28-8-5-10-30(23(28)2)38-45-32-18-27(22-48-13-7-12-34(48)40(50)51)35(53-41(42)43)19-36(32)52-38/h5-6,8-11,16-19,34,41,49H,4,7,12-15,21-22H2,1-3H3,(H,50,51)/t34-/m0/s1. The van der Waals surface area contributed by atoms with E-state index in [-0.39, 0.29) is 24.5 Å². The van der Waals surface area contributed by atoms with Crippen LogP contribution in [0.1, 0.15) is 47.6 Å². The van der Waals surface area contributed by atoms with Gasteiger partial charge in [0.05, 0.1) is 12.2 Å². The smallest absolute Gasteiger partial charge is 0.387 e. The Morgan fingerprint density at radius 3 is 2.31 bits per heavy atom. The van der Waals surface area contributed by atoms with Crippen LogP contribution in [0.2, 0.25) is 0 Å². The van der Waals surface area contributed by atoms with E-state index in [0.717, 1.165) is 39.9 Å². The number of nitrogens with zero attached hydrogens (tertiary/aromatic N) is 5. The SMILES string of the molecule is CCN(CCO)Cc1cc(C#N)c2oc(-c3cccc(-c4cccc(-c5nc6cc(CN7CCC[C@H]7C(=O)O)c(OC(F)F)cc6o5)c4C)c3C)nc2c1. The van der Waals surface area contributed by atoms with Crippen LogP contribution < -0.4 is 4.74 Å². The van der Waals surface area contributed by atoms with Crippen LogP contribution in [0.15, 0.2) is 69.5 Å². The number of likely N-dealkylation sites (tertiary alicyclic amines) is 1. The highest BCUT2D eigenvalue weighted by molar-refractivity contribution is 5.86. The van der Waals surface area contributed by atoms with Gasteiger partial charge in [0.1, 0.15) is 28.9 Å². The Morgan fingerprint density at radius 1 is 1.02 bits per heavy atom. The number of alkyl halides is 2. The van der Waals surface area contributed by atoms with Gasteiger partial charge in [-0.3, -0.25) is 14.6 Å². The van der Waals surface area contributed by atoms with Gasteiger partial charge < -0.3 is 23.8 Å². The summed E-state index contributed by atoms with van der Waals surface area (Å²) in [5, 5.41) is 29.1. The minimum Gasteiger partial charge on any atom is -0.480 e. The minimum atomic E-state index is -3.08. The summed E-state index contributed by atoms with van der Waals surface area (Å²) in [6, 6.07) is 19.9. The minimum absolute atomic E-state index is 0.0413. The molecule has 7 rings (SSSR count). The number of fused-ring (bicyclic) bond motifs is 2. The van der Waals surface area contributed by atoms with Crippen LogP contribution in [0.5, 0.6) is 5.75 Å². The lowest BCUT2D eigenvalue weighted by atomic mass is 9.91. The molecule has 4 aromatic carbocycles. The van der Waals surface area contributed by atoms with Crippen molar-refractivity contribution < 1.29 is 37.4 Å². The van der Waals surface area contributed by atoms with Crippen molar-refractivity contribution >= 4 is 28.2 Å². The number of carbonyl (C=O) groups is 1. The molecule has 2 N–H and O–H groups in total. The molecule has 1 saturated heterocycles. The maximum absolute atomic E-state index is 13.5. The molecule has 6 aromatic rings. The molecular formula is C41H39F2N5O6. The van der Waals surface area contributed by atoms with Gasteiger partial charge in [0.2, 0.25) is 11.8 Å². The van der Waals surface area contributed by atoms with Gasteiger partial charge in [-0.05, 0) is 97.9 Å². The van der Waals surface area contributed by atoms with Gasteiger partial charge in [0.25, 0.3) is 0 Å². The largest absolute Gasteiger partial charge is 0.480 e. The number of nitriles is 1. The van der Waals surface area contributed by atoms with Crippen LogP contribution in [0.25, 0.3) is 56.2 Å². The van der Waals surface area contributed by atoms with Crippen LogP contribution in [0.4, 0.5) is 8.78 Å². The normalized spacial score (nSPS) is 14.8. The number of hydrogen-bond donors (Lipinski definition) is 2. The second-order valence-electron chi connectivity index (χ2n) is 13.5. The summed E-state index contributed by atoms with van der Waals surface area (Å²) < 4.78 is 44.2. The molecule has 1 fully saturated rings. The fraction of sp³-hybridized carbons (Fsp3) is 0.317. The first-order valence-electron chi connectivity index (χ1n) is 17.8. The van der Waals surface area contributed by atoms with E-state index in [9.17, 15) is 29.1 Å². The first-order valence-corrected chi connectivity index (χ1v) is 17.8. The van der Waals surface area contributed by atoms with Crippen molar-refractivity contribution in [3.05, 3.63) is 88.5 Å². The summed E-state index contributed by atoms with van der Waals surface area (Å²) >= 11 is 0. The van der Waals surface area contributed by atoms with E-state index in [4.69, 9.17) is 23.5 Å². The quantitative estimate of drug-likeness (QED) is 0.119. The molecule has 2 aromatic heterocycles. The van der Waals surface area contributed by atoms with E-state index >= 15 is 0 Å². The first kappa shape index (κ1) is 36.7. The average molecular weight is 736 g/mol. The molecule has 0 aliphatic carbocycles. The fourth-order valence-electron chi connectivity index (χ4n) is 7.40. The number of oxazole rings is 2. The summed E-state index contributed by atoms with van der Waals surface area (Å²) in [5.74, 6) is -0.358. The van der Waals surface area contributed by atoms with E-state index < -0.39 is 18.6 Å². The maximum atomic E-state index is 13.5. The number of halogens is 2. The van der Waals surface area contributed by atoms with Crippen LogP contribution in [0, 0.1) is 25.2 Å². The molecule has 1 atom stereocenters. The lowest BCUT2D eigenvalue weighted by molar-refractivity contribution is -0.142. The maximum Gasteiger partial charge on any atom is 0.387 e. The Balaban J connectivity index is 1.23. The van der Waals surface area contributed by atoms with Crippen LogP contribution in [-0.2, 0) is 17.9 Å².